The number of ether oxygens (including phenoxy) is 1. The summed E-state index contributed by atoms with van der Waals surface area (Å²) in [5.41, 5.74) is 4.90. The minimum absolute atomic E-state index is 0.0838. The molecule has 0 radical (unpaired) electrons. The average Bonchev–Trinajstić information content (AvgIpc) is 2.15. The number of rotatable bonds is 2. The summed E-state index contributed by atoms with van der Waals surface area (Å²) in [5.74, 6) is -0.411. The van der Waals surface area contributed by atoms with Crippen LogP contribution in [0, 0.1) is 0 Å². The van der Waals surface area contributed by atoms with Crippen molar-refractivity contribution in [3.8, 4) is 5.75 Å². The summed E-state index contributed by atoms with van der Waals surface area (Å²) in [7, 11) is 1.40. The van der Waals surface area contributed by atoms with Gasteiger partial charge in [0.1, 0.15) is 11.3 Å². The predicted octanol–water partition coefficient (Wildman–Crippen LogP) is 1.16. The van der Waals surface area contributed by atoms with Gasteiger partial charge in [-0.25, -0.2) is 4.79 Å². The molecule has 0 unspecified atom stereocenters. The van der Waals surface area contributed by atoms with Gasteiger partial charge in [-0.1, -0.05) is 17.7 Å². The van der Waals surface area contributed by atoms with E-state index >= 15 is 0 Å². The molecule has 0 saturated heterocycles. The molecule has 1 rings (SSSR count). The molecule has 0 spiro atoms. The number of nitrogens with one attached hydrogen (secondary N) is 1. The van der Waals surface area contributed by atoms with Crippen LogP contribution < -0.4 is 15.8 Å². The first-order valence-electron chi connectivity index (χ1n) is 3.99. The Kier molecular flexibility index (Phi) is 3.51. The van der Waals surface area contributed by atoms with Crippen LogP contribution in [0.3, 0.4) is 0 Å². The molecule has 0 fully saturated rings. The van der Waals surface area contributed by atoms with Crippen molar-refractivity contribution in [2.75, 3.05) is 7.11 Å². The van der Waals surface area contributed by atoms with Crippen molar-refractivity contribution in [2.24, 2.45) is 5.73 Å². The standard InChI is InChI=1S/C9H9ClN2O3/c1-15-6-4-2-3-5(10)7(6)8(13)12-9(11)14/h2-4H,1H3,(H3,11,12,13,14). The second-order valence-corrected chi connectivity index (χ2v) is 3.04. The highest BCUT2D eigenvalue weighted by atomic mass is 35.5. The number of primary amides is 1. The minimum Gasteiger partial charge on any atom is -0.496 e. The molecule has 15 heavy (non-hydrogen) atoms. The number of amides is 3. The van der Waals surface area contributed by atoms with E-state index in [0.717, 1.165) is 0 Å². The van der Waals surface area contributed by atoms with Crippen molar-refractivity contribution in [1.82, 2.24) is 5.32 Å². The van der Waals surface area contributed by atoms with Crippen LogP contribution in [0.25, 0.3) is 0 Å². The van der Waals surface area contributed by atoms with E-state index in [9.17, 15) is 9.59 Å². The minimum atomic E-state index is -0.943. The van der Waals surface area contributed by atoms with Crippen molar-refractivity contribution in [3.63, 3.8) is 0 Å². The second kappa shape index (κ2) is 4.65. The van der Waals surface area contributed by atoms with Gasteiger partial charge in [-0.15, -0.1) is 0 Å². The molecular weight excluding hydrogens is 220 g/mol. The maximum atomic E-state index is 11.5. The van der Waals surface area contributed by atoms with Crippen molar-refractivity contribution >= 4 is 23.5 Å². The van der Waals surface area contributed by atoms with Crippen LogP contribution in [-0.4, -0.2) is 19.0 Å². The highest BCUT2D eigenvalue weighted by Gasteiger charge is 2.17. The molecule has 0 saturated carbocycles. The van der Waals surface area contributed by atoms with Crippen molar-refractivity contribution in [1.29, 1.82) is 0 Å². The summed E-state index contributed by atoms with van der Waals surface area (Å²) < 4.78 is 4.93. The lowest BCUT2D eigenvalue weighted by Gasteiger charge is -2.08. The molecule has 0 bridgehead atoms. The molecule has 0 atom stereocenters. The van der Waals surface area contributed by atoms with Crippen LogP contribution in [0.2, 0.25) is 5.02 Å². The van der Waals surface area contributed by atoms with Gasteiger partial charge in [-0.3, -0.25) is 10.1 Å². The Balaban J connectivity index is 3.11. The fourth-order valence-electron chi connectivity index (χ4n) is 1.07. The Morgan fingerprint density at radius 2 is 2.13 bits per heavy atom. The van der Waals surface area contributed by atoms with E-state index in [1.807, 2.05) is 5.32 Å². The normalized spacial score (nSPS) is 9.47. The van der Waals surface area contributed by atoms with Crippen LogP contribution in [0.5, 0.6) is 5.75 Å². The summed E-state index contributed by atoms with van der Waals surface area (Å²) in [4.78, 5) is 22.0. The van der Waals surface area contributed by atoms with E-state index in [-0.39, 0.29) is 16.3 Å². The molecule has 0 aliphatic heterocycles. The Labute approximate surface area is 91.2 Å². The summed E-state index contributed by atoms with van der Waals surface area (Å²) in [6.07, 6.45) is 0. The third-order valence-electron chi connectivity index (χ3n) is 1.66. The largest absolute Gasteiger partial charge is 0.496 e. The van der Waals surface area contributed by atoms with Gasteiger partial charge in [0.2, 0.25) is 0 Å². The van der Waals surface area contributed by atoms with Gasteiger partial charge < -0.3 is 10.5 Å². The fourth-order valence-corrected chi connectivity index (χ4v) is 1.32. The molecule has 0 aromatic heterocycles. The lowest BCUT2D eigenvalue weighted by molar-refractivity contribution is 0.0963. The van der Waals surface area contributed by atoms with E-state index in [2.05, 4.69) is 0 Å². The first kappa shape index (κ1) is 11.3. The Hall–Kier alpha value is -1.75. The zero-order chi connectivity index (χ0) is 11.4. The molecule has 0 aliphatic carbocycles. The summed E-state index contributed by atoms with van der Waals surface area (Å²) in [6.45, 7) is 0. The van der Waals surface area contributed by atoms with Crippen LogP contribution >= 0.6 is 11.6 Å². The van der Waals surface area contributed by atoms with Crippen LogP contribution in [0.1, 0.15) is 10.4 Å². The SMILES string of the molecule is COc1cccc(Cl)c1C(=O)NC(N)=O. The monoisotopic (exact) mass is 228 g/mol. The van der Waals surface area contributed by atoms with Gasteiger partial charge in [0.05, 0.1) is 12.1 Å². The number of urea groups is 1. The van der Waals surface area contributed by atoms with Crippen molar-refractivity contribution in [2.45, 2.75) is 0 Å². The van der Waals surface area contributed by atoms with E-state index in [4.69, 9.17) is 22.1 Å². The van der Waals surface area contributed by atoms with Gasteiger partial charge >= 0.3 is 6.03 Å². The summed E-state index contributed by atoms with van der Waals surface area (Å²) in [6, 6.07) is 3.76. The molecule has 6 heteroatoms. The topological polar surface area (TPSA) is 81.4 Å². The molecule has 0 aliphatic rings. The zero-order valence-electron chi connectivity index (χ0n) is 7.91. The highest BCUT2D eigenvalue weighted by Crippen LogP contribution is 2.25. The molecule has 0 heterocycles. The second-order valence-electron chi connectivity index (χ2n) is 2.64. The van der Waals surface area contributed by atoms with Crippen molar-refractivity contribution < 1.29 is 14.3 Å². The third-order valence-corrected chi connectivity index (χ3v) is 1.97. The van der Waals surface area contributed by atoms with E-state index < -0.39 is 11.9 Å². The van der Waals surface area contributed by atoms with Crippen molar-refractivity contribution in [3.05, 3.63) is 28.8 Å². The molecule has 3 amide bonds. The first-order chi connectivity index (χ1) is 7.06. The van der Waals surface area contributed by atoms with E-state index in [1.165, 1.54) is 13.2 Å². The number of imide groups is 1. The summed E-state index contributed by atoms with van der Waals surface area (Å²) >= 11 is 5.79. The van der Waals surface area contributed by atoms with Gasteiger partial charge in [-0.2, -0.15) is 0 Å². The van der Waals surface area contributed by atoms with Gasteiger partial charge in [0.15, 0.2) is 0 Å². The molecule has 3 N–H and O–H groups in total. The number of hydrogen-bond acceptors (Lipinski definition) is 3. The first-order valence-corrected chi connectivity index (χ1v) is 4.37. The lowest BCUT2D eigenvalue weighted by atomic mass is 10.2. The van der Waals surface area contributed by atoms with Crippen LogP contribution in [-0.2, 0) is 0 Å². The maximum absolute atomic E-state index is 11.5. The number of nitrogens with two attached hydrogens (primary N) is 1. The molecule has 1 aromatic rings. The third kappa shape index (κ3) is 2.60. The molecule has 1 aromatic carbocycles. The number of halogens is 1. The summed E-state index contributed by atoms with van der Waals surface area (Å²) in [5, 5.41) is 2.10. The van der Waals surface area contributed by atoms with Gasteiger partial charge in [0, 0.05) is 0 Å². The number of methoxy groups -OCH3 is 1. The molecular formula is C9H9ClN2O3. The quantitative estimate of drug-likeness (QED) is 0.797. The van der Waals surface area contributed by atoms with Gasteiger partial charge in [0.25, 0.3) is 5.91 Å². The zero-order valence-corrected chi connectivity index (χ0v) is 8.67. The number of benzene rings is 1. The predicted molar refractivity (Wildman–Crippen MR) is 55.1 cm³/mol. The Morgan fingerprint density at radius 3 is 2.67 bits per heavy atom. The fraction of sp³-hybridized carbons (Fsp3) is 0.111. The molecule has 80 valence electrons. The lowest BCUT2D eigenvalue weighted by Crippen LogP contribution is -2.35. The van der Waals surface area contributed by atoms with Crippen LogP contribution in [0.4, 0.5) is 4.79 Å². The number of carbonyl (C=O) groups is 2. The van der Waals surface area contributed by atoms with E-state index in [1.54, 1.807) is 12.1 Å². The number of carbonyl (C=O) groups excluding carboxylic acids is 2. The Bertz CT molecular complexity index is 406. The Morgan fingerprint density at radius 1 is 1.47 bits per heavy atom. The average molecular weight is 229 g/mol. The van der Waals surface area contributed by atoms with E-state index in [0.29, 0.717) is 0 Å². The van der Waals surface area contributed by atoms with Gasteiger partial charge in [-0.05, 0) is 12.1 Å². The number of hydrogen-bond donors (Lipinski definition) is 2. The molecule has 5 nitrogen and oxygen atoms in total. The smallest absolute Gasteiger partial charge is 0.319 e. The highest BCUT2D eigenvalue weighted by molar-refractivity contribution is 6.34. The maximum Gasteiger partial charge on any atom is 0.319 e. The van der Waals surface area contributed by atoms with Crippen LogP contribution in [0.15, 0.2) is 18.2 Å².